The van der Waals surface area contributed by atoms with Crippen LogP contribution in [0.4, 0.5) is 5.69 Å². The highest BCUT2D eigenvalue weighted by Crippen LogP contribution is 2.30. The van der Waals surface area contributed by atoms with E-state index in [1.165, 1.54) is 31.4 Å². The first kappa shape index (κ1) is 24.4. The second-order valence-corrected chi connectivity index (χ2v) is 9.73. The summed E-state index contributed by atoms with van der Waals surface area (Å²) in [6, 6.07) is 12.3. The first-order valence-electron chi connectivity index (χ1n) is 9.41. The number of anilines is 1. The highest BCUT2D eigenvalue weighted by molar-refractivity contribution is 7.90. The summed E-state index contributed by atoms with van der Waals surface area (Å²) in [5.41, 5.74) is 2.40. The molecule has 0 fully saturated rings. The quantitative estimate of drug-likeness (QED) is 0.378. The fourth-order valence-electron chi connectivity index (χ4n) is 2.80. The molecule has 0 unspecified atom stereocenters. The fourth-order valence-corrected chi connectivity index (χ4v) is 4.00. The van der Waals surface area contributed by atoms with Crippen LogP contribution >= 0.6 is 23.2 Å². The van der Waals surface area contributed by atoms with Crippen LogP contribution in [0.1, 0.15) is 15.9 Å². The molecule has 170 valence electrons. The van der Waals surface area contributed by atoms with Gasteiger partial charge in [-0.2, -0.15) is 0 Å². The largest absolute Gasteiger partial charge is 0.466 e. The molecule has 1 aromatic heterocycles. The number of rotatable bonds is 6. The molecule has 7 nitrogen and oxygen atoms in total. The number of pyridine rings is 1. The average molecular weight is 505 g/mol. The Morgan fingerprint density at radius 2 is 1.79 bits per heavy atom. The van der Waals surface area contributed by atoms with Gasteiger partial charge in [0.25, 0.3) is 5.91 Å². The molecule has 3 aromatic rings. The third-order valence-electron chi connectivity index (χ3n) is 4.51. The first-order chi connectivity index (χ1) is 15.6. The van der Waals surface area contributed by atoms with Gasteiger partial charge in [-0.1, -0.05) is 29.3 Å². The number of carbonyl (C=O) groups is 2. The lowest BCUT2D eigenvalue weighted by Gasteiger charge is -2.11. The molecule has 1 amide bonds. The molecular formula is C23H18Cl2N2O5S. The van der Waals surface area contributed by atoms with Gasteiger partial charge >= 0.3 is 5.97 Å². The van der Waals surface area contributed by atoms with Crippen LogP contribution in [0.2, 0.25) is 10.0 Å². The molecule has 2 aromatic carbocycles. The number of nitrogens with zero attached hydrogens (tertiary/aromatic N) is 1. The van der Waals surface area contributed by atoms with E-state index in [1.807, 2.05) is 0 Å². The van der Waals surface area contributed by atoms with Crippen molar-refractivity contribution in [3.05, 3.63) is 82.0 Å². The molecule has 0 aliphatic carbocycles. The molecule has 0 radical (unpaired) electrons. The van der Waals surface area contributed by atoms with E-state index < -0.39 is 21.7 Å². The normalized spacial score (nSPS) is 11.4. The molecule has 0 spiro atoms. The number of ether oxygens (including phenoxy) is 1. The Bertz CT molecular complexity index is 1350. The number of carbonyl (C=O) groups excluding carboxylic acids is 2. The smallest absolute Gasteiger partial charge is 0.330 e. The van der Waals surface area contributed by atoms with Crippen molar-refractivity contribution in [2.45, 2.75) is 4.90 Å². The predicted octanol–water partition coefficient (Wildman–Crippen LogP) is 4.90. The summed E-state index contributed by atoms with van der Waals surface area (Å²) in [6.45, 7) is 0. The van der Waals surface area contributed by atoms with Gasteiger partial charge in [-0.3, -0.25) is 9.78 Å². The molecule has 10 heteroatoms. The molecule has 0 bridgehead atoms. The van der Waals surface area contributed by atoms with E-state index in [2.05, 4.69) is 15.0 Å². The summed E-state index contributed by atoms with van der Waals surface area (Å²) in [7, 11) is -2.15. The van der Waals surface area contributed by atoms with E-state index in [4.69, 9.17) is 23.2 Å². The molecule has 0 saturated carbocycles. The van der Waals surface area contributed by atoms with Gasteiger partial charge in [0, 0.05) is 29.8 Å². The number of methoxy groups -OCH3 is 1. The van der Waals surface area contributed by atoms with Crippen molar-refractivity contribution in [2.75, 3.05) is 18.7 Å². The zero-order chi connectivity index (χ0) is 24.2. The van der Waals surface area contributed by atoms with E-state index in [-0.39, 0.29) is 15.5 Å². The van der Waals surface area contributed by atoms with Gasteiger partial charge in [0.05, 0.1) is 33.3 Å². The predicted molar refractivity (Wildman–Crippen MR) is 128 cm³/mol. The van der Waals surface area contributed by atoms with Crippen molar-refractivity contribution in [2.24, 2.45) is 0 Å². The van der Waals surface area contributed by atoms with Crippen LogP contribution in [-0.2, 0) is 19.4 Å². The van der Waals surface area contributed by atoms with Crippen LogP contribution in [0, 0.1) is 0 Å². The van der Waals surface area contributed by atoms with Gasteiger partial charge in [0.1, 0.15) is 0 Å². The van der Waals surface area contributed by atoms with Gasteiger partial charge in [0.15, 0.2) is 9.84 Å². The van der Waals surface area contributed by atoms with Crippen molar-refractivity contribution in [3.8, 4) is 11.3 Å². The summed E-state index contributed by atoms with van der Waals surface area (Å²) in [4.78, 5) is 28.3. The second-order valence-electron chi connectivity index (χ2n) is 6.90. The number of benzene rings is 2. The standard InChI is InChI=1S/C23H18Cl2N2O5S/c1-32-22(28)10-4-14-3-9-21(26-13-14)18-11-15(5-8-19(18)24)27-23(29)17-7-6-16(12-20(17)25)33(2,30)31/h3-13H,1-2H3,(H,27,29). The number of hydrogen-bond acceptors (Lipinski definition) is 6. The summed E-state index contributed by atoms with van der Waals surface area (Å²) in [5, 5.41) is 3.16. The Hall–Kier alpha value is -3.20. The third kappa shape index (κ3) is 6.19. The van der Waals surface area contributed by atoms with E-state index in [0.29, 0.717) is 27.5 Å². The summed E-state index contributed by atoms with van der Waals surface area (Å²) in [6.07, 6.45) is 5.48. The Labute approximate surface area is 200 Å². The summed E-state index contributed by atoms with van der Waals surface area (Å²) >= 11 is 12.5. The van der Waals surface area contributed by atoms with Crippen LogP contribution in [0.15, 0.2) is 65.7 Å². The van der Waals surface area contributed by atoms with Gasteiger partial charge in [-0.05, 0) is 54.1 Å². The lowest BCUT2D eigenvalue weighted by Crippen LogP contribution is -2.13. The van der Waals surface area contributed by atoms with Gasteiger partial charge in [-0.15, -0.1) is 0 Å². The molecule has 3 rings (SSSR count). The number of halogens is 2. The highest BCUT2D eigenvalue weighted by atomic mass is 35.5. The van der Waals surface area contributed by atoms with E-state index >= 15 is 0 Å². The van der Waals surface area contributed by atoms with Crippen LogP contribution in [0.3, 0.4) is 0 Å². The maximum atomic E-state index is 12.7. The van der Waals surface area contributed by atoms with E-state index in [9.17, 15) is 18.0 Å². The van der Waals surface area contributed by atoms with Crippen LogP contribution in [0.5, 0.6) is 0 Å². The minimum Gasteiger partial charge on any atom is -0.466 e. The Kier molecular flexibility index (Phi) is 7.53. The SMILES string of the molecule is COC(=O)C=Cc1ccc(-c2cc(NC(=O)c3ccc(S(C)(=O)=O)cc3Cl)ccc2Cl)nc1. The summed E-state index contributed by atoms with van der Waals surface area (Å²) in [5.74, 6) is -0.985. The van der Waals surface area contributed by atoms with Crippen molar-refractivity contribution in [1.82, 2.24) is 4.98 Å². The first-order valence-corrected chi connectivity index (χ1v) is 12.1. The average Bonchev–Trinajstić information content (AvgIpc) is 2.78. The van der Waals surface area contributed by atoms with Gasteiger partial charge < -0.3 is 10.1 Å². The van der Waals surface area contributed by atoms with E-state index in [1.54, 1.807) is 42.6 Å². The van der Waals surface area contributed by atoms with Crippen LogP contribution < -0.4 is 5.32 Å². The lowest BCUT2D eigenvalue weighted by molar-refractivity contribution is -0.134. The van der Waals surface area contributed by atoms with Crippen LogP contribution in [-0.4, -0.2) is 38.6 Å². The van der Waals surface area contributed by atoms with Gasteiger partial charge in [-0.25, -0.2) is 13.2 Å². The minimum atomic E-state index is -3.45. The minimum absolute atomic E-state index is 0.0156. The molecule has 1 N–H and O–H groups in total. The Morgan fingerprint density at radius 1 is 1.03 bits per heavy atom. The number of sulfone groups is 1. The van der Waals surface area contributed by atoms with Crippen molar-refractivity contribution < 1.29 is 22.7 Å². The van der Waals surface area contributed by atoms with E-state index in [0.717, 1.165) is 6.26 Å². The Balaban J connectivity index is 1.83. The molecular weight excluding hydrogens is 487 g/mol. The molecule has 1 heterocycles. The number of esters is 1. The van der Waals surface area contributed by atoms with Crippen molar-refractivity contribution >= 4 is 56.7 Å². The van der Waals surface area contributed by atoms with Crippen molar-refractivity contribution in [3.63, 3.8) is 0 Å². The maximum Gasteiger partial charge on any atom is 0.330 e. The number of hydrogen-bond donors (Lipinski definition) is 1. The third-order valence-corrected chi connectivity index (χ3v) is 6.27. The topological polar surface area (TPSA) is 102 Å². The van der Waals surface area contributed by atoms with Crippen LogP contribution in [0.25, 0.3) is 17.3 Å². The lowest BCUT2D eigenvalue weighted by atomic mass is 10.1. The molecule has 0 atom stereocenters. The maximum absolute atomic E-state index is 12.7. The number of amides is 1. The summed E-state index contributed by atoms with van der Waals surface area (Å²) < 4.78 is 27.9. The number of nitrogens with one attached hydrogen (secondary N) is 1. The monoisotopic (exact) mass is 504 g/mol. The zero-order valence-corrected chi connectivity index (χ0v) is 19.8. The highest BCUT2D eigenvalue weighted by Gasteiger charge is 2.16. The molecule has 0 aliphatic heterocycles. The number of aromatic nitrogens is 1. The van der Waals surface area contributed by atoms with Gasteiger partial charge in [0.2, 0.25) is 0 Å². The molecule has 33 heavy (non-hydrogen) atoms. The molecule has 0 saturated heterocycles. The molecule has 0 aliphatic rings. The Morgan fingerprint density at radius 3 is 2.39 bits per heavy atom. The zero-order valence-electron chi connectivity index (χ0n) is 17.5. The van der Waals surface area contributed by atoms with Crippen molar-refractivity contribution in [1.29, 1.82) is 0 Å². The second kappa shape index (κ2) is 10.2. The fraction of sp³-hybridized carbons (Fsp3) is 0.0870.